The molecule has 0 amide bonds. The summed E-state index contributed by atoms with van der Waals surface area (Å²) in [6, 6.07) is 0. The zero-order valence-corrected chi connectivity index (χ0v) is 10.8. The average molecular weight is 225 g/mol. The highest BCUT2D eigenvalue weighted by Gasteiger charge is 2.14. The van der Waals surface area contributed by atoms with E-state index in [0.717, 1.165) is 25.2 Å². The number of hydrogen-bond donors (Lipinski definition) is 1. The molecule has 1 heterocycles. The van der Waals surface area contributed by atoms with Crippen LogP contribution in [0.4, 0.5) is 0 Å². The Labute approximate surface area is 97.7 Å². The van der Waals surface area contributed by atoms with E-state index in [1.165, 1.54) is 0 Å². The Kier molecular flexibility index (Phi) is 4.93. The van der Waals surface area contributed by atoms with Crippen molar-refractivity contribution in [3.8, 4) is 0 Å². The van der Waals surface area contributed by atoms with Gasteiger partial charge in [0.2, 0.25) is 0 Å². The van der Waals surface area contributed by atoms with Gasteiger partial charge in [-0.2, -0.15) is 0 Å². The van der Waals surface area contributed by atoms with Crippen LogP contribution >= 0.6 is 0 Å². The molecule has 4 nitrogen and oxygen atoms in total. The smallest absolute Gasteiger partial charge is 0.158 e. The molecule has 1 atom stereocenters. The first-order chi connectivity index (χ1) is 7.58. The minimum atomic E-state index is -0.0276. The van der Waals surface area contributed by atoms with Gasteiger partial charge >= 0.3 is 0 Å². The second kappa shape index (κ2) is 5.99. The summed E-state index contributed by atoms with van der Waals surface area (Å²) >= 11 is 0. The van der Waals surface area contributed by atoms with Gasteiger partial charge in [-0.15, -0.1) is 10.2 Å². The van der Waals surface area contributed by atoms with Gasteiger partial charge < -0.3 is 9.67 Å². The van der Waals surface area contributed by atoms with Crippen LogP contribution in [-0.2, 0) is 19.6 Å². The van der Waals surface area contributed by atoms with Crippen molar-refractivity contribution in [3.05, 3.63) is 11.6 Å². The van der Waals surface area contributed by atoms with Crippen LogP contribution in [0.3, 0.4) is 0 Å². The largest absolute Gasteiger partial charge is 0.388 e. The van der Waals surface area contributed by atoms with Crippen LogP contribution in [0.25, 0.3) is 0 Å². The summed E-state index contributed by atoms with van der Waals surface area (Å²) < 4.78 is 2.07. The first kappa shape index (κ1) is 13.2. The molecule has 0 spiro atoms. The lowest BCUT2D eigenvalue weighted by atomic mass is 10.0. The molecule has 16 heavy (non-hydrogen) atoms. The van der Waals surface area contributed by atoms with E-state index in [9.17, 15) is 5.11 Å². The third-order valence-electron chi connectivity index (χ3n) is 2.82. The predicted octanol–water partition coefficient (Wildman–Crippen LogP) is 2.02. The van der Waals surface area contributed by atoms with Crippen molar-refractivity contribution in [2.75, 3.05) is 0 Å². The summed E-state index contributed by atoms with van der Waals surface area (Å²) in [6.45, 7) is 9.57. The quantitative estimate of drug-likeness (QED) is 0.805. The second-order valence-electron chi connectivity index (χ2n) is 4.91. The minimum absolute atomic E-state index is 0.0276. The van der Waals surface area contributed by atoms with Crippen molar-refractivity contribution in [1.29, 1.82) is 0 Å². The third-order valence-corrected chi connectivity index (χ3v) is 2.82. The first-order valence-corrected chi connectivity index (χ1v) is 6.10. The van der Waals surface area contributed by atoms with Crippen LogP contribution in [0.15, 0.2) is 0 Å². The van der Waals surface area contributed by atoms with Gasteiger partial charge in [-0.1, -0.05) is 34.1 Å². The molecule has 0 saturated carbocycles. The molecule has 0 fully saturated rings. The van der Waals surface area contributed by atoms with Crippen molar-refractivity contribution in [3.63, 3.8) is 0 Å². The van der Waals surface area contributed by atoms with Gasteiger partial charge in [0.1, 0.15) is 12.4 Å². The van der Waals surface area contributed by atoms with Crippen molar-refractivity contribution < 1.29 is 5.11 Å². The van der Waals surface area contributed by atoms with Crippen molar-refractivity contribution in [1.82, 2.24) is 14.8 Å². The molecule has 1 N–H and O–H groups in total. The van der Waals surface area contributed by atoms with E-state index in [4.69, 9.17) is 0 Å². The molecular formula is C12H23N3O. The van der Waals surface area contributed by atoms with Crippen molar-refractivity contribution in [2.45, 2.75) is 53.7 Å². The average Bonchev–Trinajstić information content (AvgIpc) is 2.60. The molecule has 92 valence electrons. The summed E-state index contributed by atoms with van der Waals surface area (Å²) in [5, 5.41) is 17.4. The Bertz CT molecular complexity index is 320. The number of rotatable bonds is 6. The van der Waals surface area contributed by atoms with Crippen LogP contribution in [0.5, 0.6) is 0 Å². The molecule has 0 saturated heterocycles. The third kappa shape index (κ3) is 3.30. The van der Waals surface area contributed by atoms with Crippen LogP contribution in [0.1, 0.15) is 45.8 Å². The molecule has 0 aliphatic rings. The monoisotopic (exact) mass is 225 g/mol. The molecule has 0 radical (unpaired) electrons. The number of aliphatic hydroxyl groups excluding tert-OH is 1. The summed E-state index contributed by atoms with van der Waals surface area (Å²) in [7, 11) is 0. The normalized spacial score (nSPS) is 13.4. The SMILES string of the molecule is CCC(C)Cc1nnc(CO)n1CC(C)C. The Morgan fingerprint density at radius 3 is 2.31 bits per heavy atom. The van der Waals surface area contributed by atoms with E-state index in [1.807, 2.05) is 0 Å². The molecular weight excluding hydrogens is 202 g/mol. The fourth-order valence-corrected chi connectivity index (χ4v) is 1.67. The number of aliphatic hydroxyl groups is 1. The zero-order valence-electron chi connectivity index (χ0n) is 10.8. The molecule has 1 aromatic rings. The highest BCUT2D eigenvalue weighted by atomic mass is 16.3. The van der Waals surface area contributed by atoms with Gasteiger partial charge in [0.25, 0.3) is 0 Å². The fraction of sp³-hybridized carbons (Fsp3) is 0.833. The first-order valence-electron chi connectivity index (χ1n) is 6.10. The highest BCUT2D eigenvalue weighted by Crippen LogP contribution is 2.13. The summed E-state index contributed by atoms with van der Waals surface area (Å²) in [6.07, 6.45) is 2.08. The maximum atomic E-state index is 9.21. The van der Waals surface area contributed by atoms with Crippen LogP contribution in [0.2, 0.25) is 0 Å². The van der Waals surface area contributed by atoms with E-state index < -0.39 is 0 Å². The van der Waals surface area contributed by atoms with Gasteiger partial charge in [-0.05, 0) is 11.8 Å². The number of nitrogens with zero attached hydrogens (tertiary/aromatic N) is 3. The Hall–Kier alpha value is -0.900. The molecule has 1 unspecified atom stereocenters. The van der Waals surface area contributed by atoms with Crippen molar-refractivity contribution in [2.24, 2.45) is 11.8 Å². The summed E-state index contributed by atoms with van der Waals surface area (Å²) in [5.41, 5.74) is 0. The van der Waals surface area contributed by atoms with E-state index in [-0.39, 0.29) is 6.61 Å². The number of hydrogen-bond acceptors (Lipinski definition) is 3. The van der Waals surface area contributed by atoms with E-state index in [2.05, 4.69) is 42.5 Å². The van der Waals surface area contributed by atoms with E-state index in [1.54, 1.807) is 0 Å². The molecule has 0 aliphatic heterocycles. The maximum Gasteiger partial charge on any atom is 0.158 e. The molecule has 1 aromatic heterocycles. The van der Waals surface area contributed by atoms with Gasteiger partial charge in [0, 0.05) is 13.0 Å². The standard InChI is InChI=1S/C12H23N3O/c1-5-10(4)6-11-13-14-12(8-16)15(11)7-9(2)3/h9-10,16H,5-8H2,1-4H3. The minimum Gasteiger partial charge on any atom is -0.388 e. The lowest BCUT2D eigenvalue weighted by Crippen LogP contribution is -2.14. The molecule has 0 aliphatic carbocycles. The molecule has 0 aromatic carbocycles. The van der Waals surface area contributed by atoms with Crippen molar-refractivity contribution >= 4 is 0 Å². The lowest BCUT2D eigenvalue weighted by molar-refractivity contribution is 0.261. The second-order valence-corrected chi connectivity index (χ2v) is 4.91. The lowest BCUT2D eigenvalue weighted by Gasteiger charge is -2.13. The fourth-order valence-electron chi connectivity index (χ4n) is 1.67. The van der Waals surface area contributed by atoms with E-state index >= 15 is 0 Å². The Morgan fingerprint density at radius 2 is 1.81 bits per heavy atom. The maximum absolute atomic E-state index is 9.21. The van der Waals surface area contributed by atoms with Gasteiger partial charge in [0.15, 0.2) is 5.82 Å². The highest BCUT2D eigenvalue weighted by molar-refractivity contribution is 4.96. The molecule has 4 heteroatoms. The van der Waals surface area contributed by atoms with E-state index in [0.29, 0.717) is 17.7 Å². The number of aromatic nitrogens is 3. The van der Waals surface area contributed by atoms with Crippen LogP contribution in [0, 0.1) is 11.8 Å². The van der Waals surface area contributed by atoms with Crippen LogP contribution < -0.4 is 0 Å². The Morgan fingerprint density at radius 1 is 1.19 bits per heavy atom. The Balaban J connectivity index is 2.86. The van der Waals surface area contributed by atoms with Gasteiger partial charge in [-0.3, -0.25) is 0 Å². The molecule has 1 rings (SSSR count). The van der Waals surface area contributed by atoms with Gasteiger partial charge in [0.05, 0.1) is 0 Å². The predicted molar refractivity (Wildman–Crippen MR) is 63.9 cm³/mol. The molecule has 0 bridgehead atoms. The topological polar surface area (TPSA) is 50.9 Å². The van der Waals surface area contributed by atoms with Crippen LogP contribution in [-0.4, -0.2) is 19.9 Å². The van der Waals surface area contributed by atoms with Gasteiger partial charge in [-0.25, -0.2) is 0 Å². The summed E-state index contributed by atoms with van der Waals surface area (Å²) in [4.78, 5) is 0. The summed E-state index contributed by atoms with van der Waals surface area (Å²) in [5.74, 6) is 2.85. The zero-order chi connectivity index (χ0) is 12.1.